The number of rotatable bonds is 4. The van der Waals surface area contributed by atoms with Crippen molar-refractivity contribution in [1.82, 2.24) is 0 Å². The molecule has 1 aliphatic rings. The van der Waals surface area contributed by atoms with Gasteiger partial charge in [-0.05, 0) is 31.4 Å². The van der Waals surface area contributed by atoms with Crippen molar-refractivity contribution in [3.05, 3.63) is 47.7 Å². The molecule has 1 heterocycles. The molecule has 2 rings (SSSR count). The second kappa shape index (κ2) is 6.88. The molecule has 0 aliphatic carbocycles. The SMILES string of the molecule is CC#CCOC(C1=CCCCO1)c1ccccc1. The van der Waals surface area contributed by atoms with Gasteiger partial charge >= 0.3 is 0 Å². The van der Waals surface area contributed by atoms with Crippen LogP contribution in [0.25, 0.3) is 0 Å². The summed E-state index contributed by atoms with van der Waals surface area (Å²) in [4.78, 5) is 0. The van der Waals surface area contributed by atoms with Gasteiger partial charge in [-0.3, -0.25) is 0 Å². The van der Waals surface area contributed by atoms with Crippen LogP contribution >= 0.6 is 0 Å². The topological polar surface area (TPSA) is 18.5 Å². The predicted octanol–water partition coefficient (Wildman–Crippen LogP) is 3.46. The van der Waals surface area contributed by atoms with Crippen LogP contribution in [0.4, 0.5) is 0 Å². The largest absolute Gasteiger partial charge is 0.495 e. The maximum Gasteiger partial charge on any atom is 0.140 e. The van der Waals surface area contributed by atoms with E-state index in [0.29, 0.717) is 6.61 Å². The summed E-state index contributed by atoms with van der Waals surface area (Å²) in [5.74, 6) is 6.70. The van der Waals surface area contributed by atoms with Crippen molar-refractivity contribution in [3.63, 3.8) is 0 Å². The number of hydrogen-bond donors (Lipinski definition) is 0. The molecule has 0 saturated heterocycles. The van der Waals surface area contributed by atoms with Gasteiger partial charge in [0.1, 0.15) is 18.5 Å². The minimum Gasteiger partial charge on any atom is -0.495 e. The van der Waals surface area contributed by atoms with Crippen molar-refractivity contribution >= 4 is 0 Å². The fraction of sp³-hybridized carbons (Fsp3) is 0.375. The van der Waals surface area contributed by atoms with Gasteiger partial charge in [0, 0.05) is 0 Å². The molecular weight excluding hydrogens is 224 g/mol. The molecule has 2 nitrogen and oxygen atoms in total. The summed E-state index contributed by atoms with van der Waals surface area (Å²) < 4.78 is 11.6. The van der Waals surface area contributed by atoms with Crippen LogP contribution in [0, 0.1) is 11.8 Å². The predicted molar refractivity (Wildman–Crippen MR) is 71.9 cm³/mol. The fourth-order valence-electron chi connectivity index (χ4n) is 1.93. The lowest BCUT2D eigenvalue weighted by Crippen LogP contribution is -2.13. The number of allylic oxidation sites excluding steroid dienone is 1. The normalized spacial score (nSPS) is 15.9. The highest BCUT2D eigenvalue weighted by Gasteiger charge is 2.20. The molecule has 1 aromatic carbocycles. The molecule has 1 atom stereocenters. The summed E-state index contributed by atoms with van der Waals surface area (Å²) >= 11 is 0. The van der Waals surface area contributed by atoms with Gasteiger partial charge in [-0.2, -0.15) is 0 Å². The summed E-state index contributed by atoms with van der Waals surface area (Å²) in [5, 5.41) is 0. The van der Waals surface area contributed by atoms with Crippen LogP contribution in [-0.2, 0) is 9.47 Å². The van der Waals surface area contributed by atoms with E-state index in [4.69, 9.17) is 9.47 Å². The zero-order chi connectivity index (χ0) is 12.6. The summed E-state index contributed by atoms with van der Waals surface area (Å²) in [5.41, 5.74) is 1.11. The molecule has 0 aromatic heterocycles. The first kappa shape index (κ1) is 12.7. The van der Waals surface area contributed by atoms with E-state index in [1.54, 1.807) is 0 Å². The van der Waals surface area contributed by atoms with E-state index in [0.717, 1.165) is 30.8 Å². The average molecular weight is 242 g/mol. The van der Waals surface area contributed by atoms with Gasteiger partial charge in [0.05, 0.1) is 6.61 Å². The van der Waals surface area contributed by atoms with Crippen molar-refractivity contribution in [2.45, 2.75) is 25.9 Å². The molecule has 94 valence electrons. The molecule has 18 heavy (non-hydrogen) atoms. The van der Waals surface area contributed by atoms with Gasteiger partial charge in [-0.1, -0.05) is 36.3 Å². The van der Waals surface area contributed by atoms with Crippen LogP contribution in [0.15, 0.2) is 42.2 Å². The van der Waals surface area contributed by atoms with E-state index in [9.17, 15) is 0 Å². The van der Waals surface area contributed by atoms with Crippen LogP contribution in [0.2, 0.25) is 0 Å². The molecule has 0 N–H and O–H groups in total. The average Bonchev–Trinajstić information content (AvgIpc) is 2.46. The van der Waals surface area contributed by atoms with Gasteiger partial charge in [-0.25, -0.2) is 0 Å². The third-order valence-corrected chi connectivity index (χ3v) is 2.82. The van der Waals surface area contributed by atoms with Gasteiger partial charge in [-0.15, -0.1) is 5.92 Å². The Balaban J connectivity index is 2.16. The Hall–Kier alpha value is -1.72. The summed E-state index contributed by atoms with van der Waals surface area (Å²) in [6.45, 7) is 3.02. The molecule has 1 unspecified atom stereocenters. The zero-order valence-corrected chi connectivity index (χ0v) is 10.7. The van der Waals surface area contributed by atoms with Crippen LogP contribution in [0.1, 0.15) is 31.4 Å². The van der Waals surface area contributed by atoms with Crippen LogP contribution in [0.5, 0.6) is 0 Å². The first-order chi connectivity index (χ1) is 8.92. The monoisotopic (exact) mass is 242 g/mol. The van der Waals surface area contributed by atoms with E-state index in [1.807, 2.05) is 25.1 Å². The van der Waals surface area contributed by atoms with E-state index in [-0.39, 0.29) is 6.10 Å². The van der Waals surface area contributed by atoms with Crippen molar-refractivity contribution in [3.8, 4) is 11.8 Å². The van der Waals surface area contributed by atoms with Crippen LogP contribution < -0.4 is 0 Å². The highest BCUT2D eigenvalue weighted by Crippen LogP contribution is 2.29. The molecular formula is C16H18O2. The first-order valence-electron chi connectivity index (χ1n) is 6.31. The summed E-state index contributed by atoms with van der Waals surface area (Å²) in [6.07, 6.45) is 4.13. The lowest BCUT2D eigenvalue weighted by molar-refractivity contribution is 0.0399. The second-order valence-electron chi connectivity index (χ2n) is 4.13. The number of ether oxygens (including phenoxy) is 2. The fourth-order valence-corrected chi connectivity index (χ4v) is 1.93. The quantitative estimate of drug-likeness (QED) is 0.753. The van der Waals surface area contributed by atoms with Crippen molar-refractivity contribution < 1.29 is 9.47 Å². The van der Waals surface area contributed by atoms with Gasteiger partial charge < -0.3 is 9.47 Å². The minimum atomic E-state index is -0.132. The van der Waals surface area contributed by atoms with Gasteiger partial charge in [0.2, 0.25) is 0 Å². The molecule has 2 heteroatoms. The van der Waals surface area contributed by atoms with Crippen molar-refractivity contribution in [2.75, 3.05) is 13.2 Å². The Kier molecular flexibility index (Phi) is 4.87. The maximum atomic E-state index is 5.84. The molecule has 0 saturated carbocycles. The van der Waals surface area contributed by atoms with E-state index in [2.05, 4.69) is 30.0 Å². The zero-order valence-electron chi connectivity index (χ0n) is 10.7. The molecule has 0 spiro atoms. The Morgan fingerprint density at radius 2 is 2.17 bits per heavy atom. The number of benzene rings is 1. The Morgan fingerprint density at radius 1 is 1.33 bits per heavy atom. The molecule has 1 aliphatic heterocycles. The Bertz CT molecular complexity index is 451. The van der Waals surface area contributed by atoms with E-state index < -0.39 is 0 Å². The lowest BCUT2D eigenvalue weighted by Gasteiger charge is -2.23. The molecule has 0 amide bonds. The highest BCUT2D eigenvalue weighted by atomic mass is 16.5. The standard InChI is InChI=1S/C16H18O2/c1-2-3-12-18-16(14-9-5-4-6-10-14)15-11-7-8-13-17-15/h4-6,9-11,16H,7-8,12-13H2,1H3. The highest BCUT2D eigenvalue weighted by molar-refractivity contribution is 5.24. The molecule has 0 bridgehead atoms. The van der Waals surface area contributed by atoms with Crippen LogP contribution in [0.3, 0.4) is 0 Å². The molecule has 0 fully saturated rings. The third-order valence-electron chi connectivity index (χ3n) is 2.82. The van der Waals surface area contributed by atoms with Gasteiger partial charge in [0.25, 0.3) is 0 Å². The minimum absolute atomic E-state index is 0.132. The molecule has 1 aromatic rings. The Morgan fingerprint density at radius 3 is 2.83 bits per heavy atom. The Labute approximate surface area is 109 Å². The maximum absolute atomic E-state index is 5.84. The van der Waals surface area contributed by atoms with Crippen molar-refractivity contribution in [1.29, 1.82) is 0 Å². The first-order valence-corrected chi connectivity index (χ1v) is 6.31. The summed E-state index contributed by atoms with van der Waals surface area (Å²) in [6, 6.07) is 10.1. The van der Waals surface area contributed by atoms with Crippen LogP contribution in [-0.4, -0.2) is 13.2 Å². The van der Waals surface area contributed by atoms with E-state index in [1.165, 1.54) is 0 Å². The second-order valence-corrected chi connectivity index (χ2v) is 4.13. The smallest absolute Gasteiger partial charge is 0.140 e. The third kappa shape index (κ3) is 3.38. The summed E-state index contributed by atoms with van der Waals surface area (Å²) in [7, 11) is 0. The van der Waals surface area contributed by atoms with E-state index >= 15 is 0 Å². The van der Waals surface area contributed by atoms with Crippen molar-refractivity contribution in [2.24, 2.45) is 0 Å². The molecule has 0 radical (unpaired) electrons. The number of hydrogen-bond acceptors (Lipinski definition) is 2. The lowest BCUT2D eigenvalue weighted by atomic mass is 10.1. The van der Waals surface area contributed by atoms with Gasteiger partial charge in [0.15, 0.2) is 0 Å².